The molecule has 0 spiro atoms. The molecule has 25 heavy (non-hydrogen) atoms. The smallest absolute Gasteiger partial charge is 0.353 e. The molecule has 0 atom stereocenters. The molecule has 0 unspecified atom stereocenters. The molecule has 0 saturated heterocycles. The molecule has 4 nitrogen and oxygen atoms in total. The van der Waals surface area contributed by atoms with Gasteiger partial charge in [-0.05, 0) is 43.4 Å². The summed E-state index contributed by atoms with van der Waals surface area (Å²) >= 11 is 0. The number of nitrogens with zero attached hydrogens (tertiary/aromatic N) is 2. The van der Waals surface area contributed by atoms with Gasteiger partial charge < -0.3 is 5.32 Å². The normalized spacial score (nSPS) is 21.1. The number of nitrogens with one attached hydrogen (secondary N) is 1. The maximum Gasteiger partial charge on any atom is 0.416 e. The van der Waals surface area contributed by atoms with Crippen molar-refractivity contribution in [2.75, 3.05) is 0 Å². The van der Waals surface area contributed by atoms with Crippen LogP contribution in [0.3, 0.4) is 0 Å². The maximum atomic E-state index is 12.7. The predicted molar refractivity (Wildman–Crippen MR) is 86.8 cm³/mol. The van der Waals surface area contributed by atoms with E-state index < -0.39 is 11.7 Å². The van der Waals surface area contributed by atoms with Crippen LogP contribution in [0.4, 0.5) is 13.2 Å². The van der Waals surface area contributed by atoms with E-state index in [1.807, 2.05) is 16.9 Å². The summed E-state index contributed by atoms with van der Waals surface area (Å²) in [6.45, 7) is 0. The van der Waals surface area contributed by atoms with Crippen LogP contribution >= 0.6 is 0 Å². The minimum absolute atomic E-state index is 0.0387. The molecule has 1 heterocycles. The van der Waals surface area contributed by atoms with Gasteiger partial charge in [-0.15, -0.1) is 0 Å². The molecule has 0 bridgehead atoms. The Labute approximate surface area is 144 Å². The summed E-state index contributed by atoms with van der Waals surface area (Å²) < 4.78 is 40.1. The van der Waals surface area contributed by atoms with Crippen LogP contribution in [0.5, 0.6) is 0 Å². The van der Waals surface area contributed by atoms with Gasteiger partial charge in [0.2, 0.25) is 5.91 Å². The Bertz CT molecular complexity index is 705. The summed E-state index contributed by atoms with van der Waals surface area (Å²) in [6.07, 6.45) is 2.81. The largest absolute Gasteiger partial charge is 0.416 e. The lowest BCUT2D eigenvalue weighted by Gasteiger charge is -2.29. The van der Waals surface area contributed by atoms with Crippen LogP contribution < -0.4 is 5.32 Å². The van der Waals surface area contributed by atoms with E-state index in [-0.39, 0.29) is 18.4 Å². The number of carbonyl (C=O) groups is 1. The molecule has 1 aromatic carbocycles. The van der Waals surface area contributed by atoms with Crippen molar-refractivity contribution in [3.63, 3.8) is 0 Å². The highest BCUT2D eigenvalue weighted by Crippen LogP contribution is 2.30. The third-order valence-corrected chi connectivity index (χ3v) is 4.58. The van der Waals surface area contributed by atoms with Crippen LogP contribution in [-0.4, -0.2) is 21.7 Å². The van der Waals surface area contributed by atoms with Crippen LogP contribution in [0.1, 0.15) is 42.9 Å². The molecule has 1 saturated carbocycles. The average Bonchev–Trinajstić information content (AvgIpc) is 3.09. The maximum absolute atomic E-state index is 12.7. The summed E-state index contributed by atoms with van der Waals surface area (Å²) in [7, 11) is 0. The van der Waals surface area contributed by atoms with Gasteiger partial charge in [0.05, 0.1) is 18.0 Å². The fraction of sp³-hybridized carbons (Fsp3) is 0.444. The highest BCUT2D eigenvalue weighted by atomic mass is 19.4. The van der Waals surface area contributed by atoms with E-state index in [2.05, 4.69) is 10.4 Å². The molecule has 2 aromatic rings. The summed E-state index contributed by atoms with van der Waals surface area (Å²) in [6, 6.07) is 7.25. The number of alkyl halides is 3. The van der Waals surface area contributed by atoms with Crippen molar-refractivity contribution in [1.82, 2.24) is 15.1 Å². The van der Waals surface area contributed by atoms with Gasteiger partial charge in [0.15, 0.2) is 0 Å². The van der Waals surface area contributed by atoms with Gasteiger partial charge in [-0.1, -0.05) is 18.2 Å². The number of hydrogen-bond acceptors (Lipinski definition) is 2. The topological polar surface area (TPSA) is 46.9 Å². The lowest BCUT2D eigenvalue weighted by Crippen LogP contribution is -2.38. The van der Waals surface area contributed by atoms with Gasteiger partial charge in [-0.2, -0.15) is 18.3 Å². The van der Waals surface area contributed by atoms with E-state index >= 15 is 0 Å². The molecule has 1 aliphatic rings. The number of benzene rings is 1. The number of carbonyl (C=O) groups excluding carboxylic acids is 1. The molecule has 1 N–H and O–H groups in total. The second-order valence-corrected chi connectivity index (χ2v) is 6.43. The summed E-state index contributed by atoms with van der Waals surface area (Å²) in [5.74, 6) is -0.234. The first-order chi connectivity index (χ1) is 11.9. The first-order valence-electron chi connectivity index (χ1n) is 8.36. The lowest BCUT2D eigenvalue weighted by molar-refractivity contribution is -0.137. The fourth-order valence-corrected chi connectivity index (χ4v) is 3.30. The van der Waals surface area contributed by atoms with Crippen LogP contribution in [0.2, 0.25) is 0 Å². The standard InChI is InChI=1S/C18H20F3N3O/c19-18(20,21)14-4-1-3-13(11-14)12-17(25)23-15-5-7-16(8-6-15)24-10-2-9-22-24/h1-4,9-11,15-16H,5-8,12H2,(H,23,25). The van der Waals surface area contributed by atoms with Gasteiger partial charge in [-0.3, -0.25) is 9.48 Å². The Balaban J connectivity index is 1.50. The van der Waals surface area contributed by atoms with E-state index in [1.165, 1.54) is 6.07 Å². The van der Waals surface area contributed by atoms with Crippen molar-refractivity contribution < 1.29 is 18.0 Å². The van der Waals surface area contributed by atoms with Gasteiger partial charge in [0, 0.05) is 18.4 Å². The van der Waals surface area contributed by atoms with E-state index in [0.29, 0.717) is 11.6 Å². The van der Waals surface area contributed by atoms with Crippen LogP contribution in [-0.2, 0) is 17.4 Å². The van der Waals surface area contributed by atoms with Crippen LogP contribution in [0, 0.1) is 0 Å². The third-order valence-electron chi connectivity index (χ3n) is 4.58. The number of amides is 1. The Kier molecular flexibility index (Phi) is 5.11. The number of hydrogen-bond donors (Lipinski definition) is 1. The molecular weight excluding hydrogens is 331 g/mol. The Morgan fingerprint density at radius 2 is 1.96 bits per heavy atom. The quantitative estimate of drug-likeness (QED) is 0.912. The molecule has 3 rings (SSSR count). The molecule has 1 aliphatic carbocycles. The van der Waals surface area contributed by atoms with Crippen molar-refractivity contribution in [3.8, 4) is 0 Å². The summed E-state index contributed by atoms with van der Waals surface area (Å²) in [5.41, 5.74) is -0.352. The molecular formula is C18H20F3N3O. The minimum atomic E-state index is -4.39. The van der Waals surface area contributed by atoms with Gasteiger partial charge in [0.25, 0.3) is 0 Å². The van der Waals surface area contributed by atoms with Gasteiger partial charge in [-0.25, -0.2) is 0 Å². The molecule has 134 valence electrons. The zero-order valence-electron chi connectivity index (χ0n) is 13.7. The highest BCUT2D eigenvalue weighted by Gasteiger charge is 2.30. The second kappa shape index (κ2) is 7.29. The molecule has 1 fully saturated rings. The van der Waals surface area contributed by atoms with Crippen molar-refractivity contribution in [2.24, 2.45) is 0 Å². The first kappa shape index (κ1) is 17.5. The predicted octanol–water partition coefficient (Wildman–Crippen LogP) is 3.74. The fourth-order valence-electron chi connectivity index (χ4n) is 3.30. The van der Waals surface area contributed by atoms with E-state index in [9.17, 15) is 18.0 Å². The van der Waals surface area contributed by atoms with Crippen LogP contribution in [0.15, 0.2) is 42.7 Å². The Hall–Kier alpha value is -2.31. The average molecular weight is 351 g/mol. The number of halogens is 3. The second-order valence-electron chi connectivity index (χ2n) is 6.43. The monoisotopic (exact) mass is 351 g/mol. The Morgan fingerprint density at radius 3 is 2.60 bits per heavy atom. The lowest BCUT2D eigenvalue weighted by atomic mass is 9.91. The third kappa shape index (κ3) is 4.61. The molecule has 0 radical (unpaired) electrons. The first-order valence-corrected chi connectivity index (χ1v) is 8.36. The van der Waals surface area contributed by atoms with Crippen molar-refractivity contribution in [1.29, 1.82) is 0 Å². The molecule has 7 heteroatoms. The molecule has 1 amide bonds. The van der Waals surface area contributed by atoms with E-state index in [1.54, 1.807) is 12.3 Å². The Morgan fingerprint density at radius 1 is 1.20 bits per heavy atom. The number of rotatable bonds is 4. The minimum Gasteiger partial charge on any atom is -0.353 e. The van der Waals surface area contributed by atoms with Crippen LogP contribution in [0.25, 0.3) is 0 Å². The van der Waals surface area contributed by atoms with Crippen molar-refractivity contribution in [2.45, 2.75) is 50.4 Å². The zero-order valence-corrected chi connectivity index (χ0v) is 13.7. The van der Waals surface area contributed by atoms with Crippen molar-refractivity contribution in [3.05, 3.63) is 53.9 Å². The summed E-state index contributed by atoms with van der Waals surface area (Å²) in [5, 5.41) is 7.19. The van der Waals surface area contributed by atoms with Crippen molar-refractivity contribution >= 4 is 5.91 Å². The van der Waals surface area contributed by atoms with E-state index in [0.717, 1.165) is 37.8 Å². The molecule has 0 aliphatic heterocycles. The number of aromatic nitrogens is 2. The van der Waals surface area contributed by atoms with Gasteiger partial charge in [0.1, 0.15) is 0 Å². The van der Waals surface area contributed by atoms with Gasteiger partial charge >= 0.3 is 6.18 Å². The zero-order chi connectivity index (χ0) is 17.9. The molecule has 1 aromatic heterocycles. The SMILES string of the molecule is O=C(Cc1cccc(C(F)(F)F)c1)NC1CCC(n2cccn2)CC1. The van der Waals surface area contributed by atoms with E-state index in [4.69, 9.17) is 0 Å². The highest BCUT2D eigenvalue weighted by molar-refractivity contribution is 5.78. The summed E-state index contributed by atoms with van der Waals surface area (Å²) in [4.78, 5) is 12.1.